The maximum atomic E-state index is 14.7. The van der Waals surface area contributed by atoms with Gasteiger partial charge in [0.2, 0.25) is 5.88 Å². The Labute approximate surface area is 270 Å². The maximum absolute atomic E-state index is 14.7. The number of pyridine rings is 2. The van der Waals surface area contributed by atoms with E-state index in [-0.39, 0.29) is 35.5 Å². The second-order valence-electron chi connectivity index (χ2n) is 13.8. The summed E-state index contributed by atoms with van der Waals surface area (Å²) in [6.07, 6.45) is 4.51. The molecule has 3 heterocycles. The molecule has 0 radical (unpaired) electrons. The van der Waals surface area contributed by atoms with Gasteiger partial charge >= 0.3 is 5.97 Å². The van der Waals surface area contributed by atoms with Crippen molar-refractivity contribution in [2.75, 3.05) is 43.2 Å². The minimum absolute atomic E-state index is 0.103. The first kappa shape index (κ1) is 33.2. The first-order valence-corrected chi connectivity index (χ1v) is 16.1. The van der Waals surface area contributed by atoms with Crippen molar-refractivity contribution in [3.8, 4) is 11.6 Å². The fourth-order valence-electron chi connectivity index (χ4n) is 6.19. The molecular weight excluding hydrogens is 587 g/mol. The van der Waals surface area contributed by atoms with Gasteiger partial charge in [0.05, 0.1) is 37.6 Å². The SMILES string of the molecule is COc1ccc(C(=O)N(CC(C)(C)C)c2cccc(C)n2)c(N2CCC(COc3cc(C(CC(=O)O)C4CC4)c(F)cn3)CC2)c1. The highest BCUT2D eigenvalue weighted by Crippen LogP contribution is 2.45. The molecule has 1 atom stereocenters. The van der Waals surface area contributed by atoms with Gasteiger partial charge < -0.3 is 19.5 Å². The maximum Gasteiger partial charge on any atom is 0.303 e. The largest absolute Gasteiger partial charge is 0.497 e. The van der Waals surface area contributed by atoms with Crippen molar-refractivity contribution >= 4 is 23.4 Å². The quantitative estimate of drug-likeness (QED) is 0.230. The summed E-state index contributed by atoms with van der Waals surface area (Å²) < 4.78 is 26.3. The standard InChI is InChI=1S/C36H45FN4O5/c1-23-7-6-8-32(39-23)41(22-36(2,3)4)35(44)27-12-11-26(45-5)17-31(27)40-15-13-24(14-16-40)21-46-33-18-29(30(37)20-38-33)28(19-34(42)43)25-9-10-25/h6-8,11-12,17-18,20,24-25,28H,9-10,13-16,19,21-22H2,1-5H3,(H,42,43). The van der Waals surface area contributed by atoms with E-state index in [4.69, 9.17) is 9.47 Å². The van der Waals surface area contributed by atoms with Gasteiger partial charge in [-0.25, -0.2) is 14.4 Å². The number of anilines is 2. The van der Waals surface area contributed by atoms with Crippen molar-refractivity contribution in [2.24, 2.45) is 17.3 Å². The lowest BCUT2D eigenvalue weighted by Crippen LogP contribution is -2.41. The van der Waals surface area contributed by atoms with Crippen LogP contribution in [0.4, 0.5) is 15.9 Å². The number of carbonyl (C=O) groups excluding carboxylic acids is 1. The summed E-state index contributed by atoms with van der Waals surface area (Å²) in [5.74, 6) is 0.155. The van der Waals surface area contributed by atoms with E-state index in [0.717, 1.165) is 43.3 Å². The molecule has 5 rings (SSSR count). The van der Waals surface area contributed by atoms with Gasteiger partial charge in [-0.3, -0.25) is 14.5 Å². The Morgan fingerprint density at radius 3 is 2.48 bits per heavy atom. The zero-order chi connectivity index (χ0) is 33.0. The van der Waals surface area contributed by atoms with Crippen LogP contribution in [0.15, 0.2) is 48.7 Å². The summed E-state index contributed by atoms with van der Waals surface area (Å²) in [7, 11) is 1.62. The van der Waals surface area contributed by atoms with E-state index in [1.165, 1.54) is 0 Å². The molecule has 1 aromatic carbocycles. The Bertz CT molecular complexity index is 1550. The number of aliphatic carboxylic acids is 1. The number of benzene rings is 1. The molecule has 1 amide bonds. The molecule has 1 unspecified atom stereocenters. The van der Waals surface area contributed by atoms with Crippen molar-refractivity contribution in [3.05, 3.63) is 71.3 Å². The summed E-state index contributed by atoms with van der Waals surface area (Å²) in [5, 5.41) is 9.37. The Balaban J connectivity index is 1.29. The number of aryl methyl sites for hydroxylation is 1. The van der Waals surface area contributed by atoms with Crippen LogP contribution in [0.5, 0.6) is 11.6 Å². The van der Waals surface area contributed by atoms with E-state index in [1.54, 1.807) is 18.1 Å². The highest BCUT2D eigenvalue weighted by molar-refractivity contribution is 6.09. The van der Waals surface area contributed by atoms with E-state index in [9.17, 15) is 19.1 Å². The molecule has 2 fully saturated rings. The van der Waals surface area contributed by atoms with Crippen LogP contribution in [0.25, 0.3) is 0 Å². The molecule has 1 aliphatic carbocycles. The van der Waals surface area contributed by atoms with Crippen molar-refractivity contribution in [1.82, 2.24) is 9.97 Å². The van der Waals surface area contributed by atoms with Gasteiger partial charge in [-0.2, -0.15) is 0 Å². The topological polar surface area (TPSA) is 105 Å². The number of amides is 1. The van der Waals surface area contributed by atoms with Crippen LogP contribution in [0.2, 0.25) is 0 Å². The van der Waals surface area contributed by atoms with Crippen LogP contribution >= 0.6 is 0 Å². The summed E-state index contributed by atoms with van der Waals surface area (Å²) in [6.45, 7) is 10.6. The molecule has 2 aromatic heterocycles. The minimum Gasteiger partial charge on any atom is -0.497 e. The van der Waals surface area contributed by atoms with Crippen LogP contribution < -0.4 is 19.3 Å². The second-order valence-corrected chi connectivity index (χ2v) is 13.8. The van der Waals surface area contributed by atoms with E-state index in [0.29, 0.717) is 54.8 Å². The van der Waals surface area contributed by atoms with E-state index in [1.807, 2.05) is 43.3 Å². The number of hydrogen-bond acceptors (Lipinski definition) is 7. The lowest BCUT2D eigenvalue weighted by atomic mass is 9.91. The zero-order valence-electron chi connectivity index (χ0n) is 27.5. The van der Waals surface area contributed by atoms with Crippen LogP contribution in [0.3, 0.4) is 0 Å². The predicted octanol–water partition coefficient (Wildman–Crippen LogP) is 6.89. The van der Waals surface area contributed by atoms with Gasteiger partial charge in [0.1, 0.15) is 17.4 Å². The monoisotopic (exact) mass is 632 g/mol. The third kappa shape index (κ3) is 8.33. The molecule has 46 heavy (non-hydrogen) atoms. The Hall–Kier alpha value is -4.21. The number of carboxylic acids is 1. The number of carboxylic acid groups (broad SMARTS) is 1. The van der Waals surface area contributed by atoms with Crippen LogP contribution in [-0.2, 0) is 4.79 Å². The summed E-state index contributed by atoms with van der Waals surface area (Å²) in [4.78, 5) is 38.5. The molecular formula is C36H45FN4O5. The number of ether oxygens (including phenoxy) is 2. The highest BCUT2D eigenvalue weighted by Gasteiger charge is 2.36. The summed E-state index contributed by atoms with van der Waals surface area (Å²) in [5.41, 5.74) is 2.49. The molecule has 3 aromatic rings. The molecule has 1 saturated heterocycles. The van der Waals surface area contributed by atoms with E-state index >= 15 is 0 Å². The lowest BCUT2D eigenvalue weighted by Gasteiger charge is -2.36. The summed E-state index contributed by atoms with van der Waals surface area (Å²) in [6, 6.07) is 12.9. The van der Waals surface area contributed by atoms with E-state index in [2.05, 4.69) is 35.6 Å². The highest BCUT2D eigenvalue weighted by atomic mass is 19.1. The molecule has 1 aliphatic heterocycles. The van der Waals surface area contributed by atoms with Crippen molar-refractivity contribution in [2.45, 2.75) is 65.7 Å². The predicted molar refractivity (Wildman–Crippen MR) is 175 cm³/mol. The average Bonchev–Trinajstić information content (AvgIpc) is 3.87. The normalized spacial score (nSPS) is 16.2. The number of halogens is 1. The van der Waals surface area contributed by atoms with E-state index < -0.39 is 11.8 Å². The third-order valence-corrected chi connectivity index (χ3v) is 8.73. The number of rotatable bonds is 12. The van der Waals surface area contributed by atoms with Gasteiger partial charge in [-0.1, -0.05) is 26.8 Å². The third-order valence-electron chi connectivity index (χ3n) is 8.73. The van der Waals surface area contributed by atoms with Crippen LogP contribution in [0.1, 0.15) is 80.4 Å². The Kier molecular flexibility index (Phi) is 10.1. The molecule has 1 saturated carbocycles. The Morgan fingerprint density at radius 1 is 1.11 bits per heavy atom. The van der Waals surface area contributed by atoms with Gasteiger partial charge in [0.25, 0.3) is 5.91 Å². The Morgan fingerprint density at radius 2 is 1.85 bits per heavy atom. The second kappa shape index (κ2) is 14.1. The molecule has 0 spiro atoms. The zero-order valence-corrected chi connectivity index (χ0v) is 27.5. The first-order valence-electron chi connectivity index (χ1n) is 16.1. The van der Waals surface area contributed by atoms with Gasteiger partial charge in [-0.05, 0) is 79.7 Å². The first-order chi connectivity index (χ1) is 21.9. The van der Waals surface area contributed by atoms with Gasteiger partial charge in [0, 0.05) is 43.4 Å². The molecule has 10 heteroatoms. The number of piperidine rings is 1. The number of methoxy groups -OCH3 is 1. The van der Waals surface area contributed by atoms with Crippen molar-refractivity contribution in [1.29, 1.82) is 0 Å². The number of nitrogens with zero attached hydrogens (tertiary/aromatic N) is 4. The summed E-state index contributed by atoms with van der Waals surface area (Å²) >= 11 is 0. The minimum atomic E-state index is -0.933. The fraction of sp³-hybridized carbons (Fsp3) is 0.500. The smallest absolute Gasteiger partial charge is 0.303 e. The molecule has 9 nitrogen and oxygen atoms in total. The molecule has 2 aliphatic rings. The van der Waals surface area contributed by atoms with Crippen molar-refractivity contribution in [3.63, 3.8) is 0 Å². The number of hydrogen-bond donors (Lipinski definition) is 1. The molecule has 1 N–H and O–H groups in total. The van der Waals surface area contributed by atoms with Crippen LogP contribution in [0, 0.1) is 30.0 Å². The average molecular weight is 633 g/mol. The van der Waals surface area contributed by atoms with Gasteiger partial charge in [-0.15, -0.1) is 0 Å². The fourth-order valence-corrected chi connectivity index (χ4v) is 6.19. The number of aromatic nitrogens is 2. The number of carbonyl (C=O) groups is 2. The lowest BCUT2D eigenvalue weighted by molar-refractivity contribution is -0.137. The molecule has 246 valence electrons. The van der Waals surface area contributed by atoms with Crippen molar-refractivity contribution < 1.29 is 28.6 Å². The van der Waals surface area contributed by atoms with Gasteiger partial charge in [0.15, 0.2) is 0 Å². The van der Waals surface area contributed by atoms with Crippen LogP contribution in [-0.4, -0.2) is 60.3 Å². The molecule has 0 bridgehead atoms.